The van der Waals surface area contributed by atoms with Gasteiger partial charge in [0.05, 0.1) is 0 Å². The third-order valence-corrected chi connectivity index (χ3v) is 3.60. The molecule has 0 radical (unpaired) electrons. The molecular formula is C16H26N2. The molecular weight excluding hydrogens is 220 g/mol. The van der Waals surface area contributed by atoms with Crippen molar-refractivity contribution < 1.29 is 0 Å². The van der Waals surface area contributed by atoms with Crippen LogP contribution < -0.4 is 5.32 Å². The second-order valence-corrected chi connectivity index (χ2v) is 5.66. The number of hydrogen-bond donors (Lipinski definition) is 1. The lowest BCUT2D eigenvalue weighted by Crippen LogP contribution is -2.18. The molecule has 2 heteroatoms. The Hall–Kier alpha value is -0.860. The van der Waals surface area contributed by atoms with Crippen LogP contribution in [-0.2, 0) is 6.54 Å². The van der Waals surface area contributed by atoms with Crippen LogP contribution in [0.2, 0.25) is 0 Å². The lowest BCUT2D eigenvalue weighted by Gasteiger charge is -2.11. The fourth-order valence-electron chi connectivity index (χ4n) is 2.39. The van der Waals surface area contributed by atoms with Gasteiger partial charge in [-0.15, -0.1) is 0 Å². The van der Waals surface area contributed by atoms with Crippen molar-refractivity contribution in [3.8, 4) is 0 Å². The molecule has 2 rings (SSSR count). The number of unbranched alkanes of at least 4 members (excludes halogenated alkanes) is 1. The topological polar surface area (TPSA) is 15.3 Å². The van der Waals surface area contributed by atoms with Crippen LogP contribution in [-0.4, -0.2) is 32.1 Å². The van der Waals surface area contributed by atoms with E-state index in [1.54, 1.807) is 5.56 Å². The molecule has 1 N–H and O–H groups in total. The average molecular weight is 246 g/mol. The largest absolute Gasteiger partial charge is 0.313 e. The predicted molar refractivity (Wildman–Crippen MR) is 77.9 cm³/mol. The molecule has 1 aromatic rings. The Bertz CT molecular complexity index is 356. The van der Waals surface area contributed by atoms with Crippen LogP contribution in [0.5, 0.6) is 0 Å². The molecule has 0 unspecified atom stereocenters. The van der Waals surface area contributed by atoms with E-state index in [1.807, 2.05) is 0 Å². The fraction of sp³-hybridized carbons (Fsp3) is 0.625. The van der Waals surface area contributed by atoms with Gasteiger partial charge in [0.25, 0.3) is 0 Å². The average Bonchev–Trinajstić information content (AvgIpc) is 3.18. The number of rotatable bonds is 8. The lowest BCUT2D eigenvalue weighted by atomic mass is 10.0. The SMILES string of the molecule is CN(C)CCCCNCc1ccccc1C1CC1. The van der Waals surface area contributed by atoms with E-state index < -0.39 is 0 Å². The maximum absolute atomic E-state index is 3.58. The van der Waals surface area contributed by atoms with Gasteiger partial charge in [0.2, 0.25) is 0 Å². The molecule has 1 aliphatic carbocycles. The van der Waals surface area contributed by atoms with Gasteiger partial charge in [-0.3, -0.25) is 0 Å². The van der Waals surface area contributed by atoms with Crippen molar-refractivity contribution in [3.63, 3.8) is 0 Å². The minimum atomic E-state index is 0.858. The molecule has 1 fully saturated rings. The van der Waals surface area contributed by atoms with Crippen LogP contribution in [0.3, 0.4) is 0 Å². The van der Waals surface area contributed by atoms with Crippen molar-refractivity contribution in [1.29, 1.82) is 0 Å². The first-order valence-electron chi connectivity index (χ1n) is 7.20. The van der Waals surface area contributed by atoms with Gasteiger partial charge in [-0.1, -0.05) is 24.3 Å². The highest BCUT2D eigenvalue weighted by Crippen LogP contribution is 2.41. The molecule has 1 aliphatic rings. The molecule has 100 valence electrons. The highest BCUT2D eigenvalue weighted by Gasteiger charge is 2.25. The maximum Gasteiger partial charge on any atom is 0.0208 e. The molecule has 1 aromatic carbocycles. The van der Waals surface area contributed by atoms with Crippen molar-refractivity contribution >= 4 is 0 Å². The van der Waals surface area contributed by atoms with Crippen molar-refractivity contribution in [3.05, 3.63) is 35.4 Å². The third kappa shape index (κ3) is 4.43. The second kappa shape index (κ2) is 6.91. The summed E-state index contributed by atoms with van der Waals surface area (Å²) in [6.07, 6.45) is 5.33. The second-order valence-electron chi connectivity index (χ2n) is 5.66. The first-order chi connectivity index (χ1) is 8.77. The molecule has 2 nitrogen and oxygen atoms in total. The number of hydrogen-bond acceptors (Lipinski definition) is 2. The summed E-state index contributed by atoms with van der Waals surface area (Å²) in [6, 6.07) is 8.92. The minimum Gasteiger partial charge on any atom is -0.313 e. The fourth-order valence-corrected chi connectivity index (χ4v) is 2.39. The van der Waals surface area contributed by atoms with E-state index in [1.165, 1.54) is 37.8 Å². The van der Waals surface area contributed by atoms with Crippen LogP contribution in [0.15, 0.2) is 24.3 Å². The van der Waals surface area contributed by atoms with Gasteiger partial charge in [-0.05, 0) is 69.9 Å². The van der Waals surface area contributed by atoms with E-state index in [4.69, 9.17) is 0 Å². The summed E-state index contributed by atoms with van der Waals surface area (Å²) in [5, 5.41) is 3.58. The number of benzene rings is 1. The maximum atomic E-state index is 3.58. The molecule has 18 heavy (non-hydrogen) atoms. The first-order valence-corrected chi connectivity index (χ1v) is 7.20. The van der Waals surface area contributed by atoms with E-state index in [0.717, 1.165) is 19.0 Å². The zero-order valence-corrected chi connectivity index (χ0v) is 11.8. The van der Waals surface area contributed by atoms with Crippen LogP contribution >= 0.6 is 0 Å². The lowest BCUT2D eigenvalue weighted by molar-refractivity contribution is 0.391. The zero-order valence-electron chi connectivity index (χ0n) is 11.8. The van der Waals surface area contributed by atoms with Crippen molar-refractivity contribution in [2.24, 2.45) is 0 Å². The summed E-state index contributed by atoms with van der Waals surface area (Å²) in [6.45, 7) is 3.36. The molecule has 0 atom stereocenters. The van der Waals surface area contributed by atoms with Gasteiger partial charge in [0, 0.05) is 6.54 Å². The summed E-state index contributed by atoms with van der Waals surface area (Å²) in [7, 11) is 4.28. The summed E-state index contributed by atoms with van der Waals surface area (Å²) < 4.78 is 0. The van der Waals surface area contributed by atoms with Gasteiger partial charge >= 0.3 is 0 Å². The van der Waals surface area contributed by atoms with E-state index >= 15 is 0 Å². The monoisotopic (exact) mass is 246 g/mol. The van der Waals surface area contributed by atoms with Crippen molar-refractivity contribution in [2.75, 3.05) is 27.2 Å². The molecule has 0 spiro atoms. The third-order valence-electron chi connectivity index (χ3n) is 3.60. The van der Waals surface area contributed by atoms with Gasteiger partial charge in [-0.25, -0.2) is 0 Å². The van der Waals surface area contributed by atoms with Crippen LogP contribution in [0, 0.1) is 0 Å². The smallest absolute Gasteiger partial charge is 0.0208 e. The van der Waals surface area contributed by atoms with Gasteiger partial charge < -0.3 is 10.2 Å². The Kier molecular flexibility index (Phi) is 5.21. The number of nitrogens with one attached hydrogen (secondary N) is 1. The summed E-state index contributed by atoms with van der Waals surface area (Å²) >= 11 is 0. The minimum absolute atomic E-state index is 0.858. The first kappa shape index (κ1) is 13.6. The van der Waals surface area contributed by atoms with Crippen molar-refractivity contribution in [2.45, 2.75) is 38.1 Å². The molecule has 0 saturated heterocycles. The van der Waals surface area contributed by atoms with Gasteiger partial charge in [0.15, 0.2) is 0 Å². The Morgan fingerprint density at radius 3 is 2.67 bits per heavy atom. The quantitative estimate of drug-likeness (QED) is 0.709. The Morgan fingerprint density at radius 1 is 1.17 bits per heavy atom. The molecule has 0 bridgehead atoms. The highest BCUT2D eigenvalue weighted by molar-refractivity contribution is 5.33. The predicted octanol–water partition coefficient (Wildman–Crippen LogP) is 3.00. The highest BCUT2D eigenvalue weighted by atomic mass is 15.0. The van der Waals surface area contributed by atoms with Crippen molar-refractivity contribution in [1.82, 2.24) is 10.2 Å². The molecule has 1 saturated carbocycles. The van der Waals surface area contributed by atoms with E-state index in [0.29, 0.717) is 0 Å². The van der Waals surface area contributed by atoms with Crippen LogP contribution in [0.4, 0.5) is 0 Å². The Balaban J connectivity index is 1.67. The normalized spacial score (nSPS) is 15.3. The van der Waals surface area contributed by atoms with E-state index in [2.05, 4.69) is 48.6 Å². The van der Waals surface area contributed by atoms with E-state index in [-0.39, 0.29) is 0 Å². The number of nitrogens with zero attached hydrogens (tertiary/aromatic N) is 1. The van der Waals surface area contributed by atoms with Crippen LogP contribution in [0.25, 0.3) is 0 Å². The molecule has 0 amide bonds. The molecule has 0 heterocycles. The Labute approximate surface area is 111 Å². The summed E-state index contributed by atoms with van der Waals surface area (Å²) in [5.41, 5.74) is 3.09. The van der Waals surface area contributed by atoms with Gasteiger partial charge in [-0.2, -0.15) is 0 Å². The summed E-state index contributed by atoms with van der Waals surface area (Å²) in [5.74, 6) is 0.858. The zero-order chi connectivity index (χ0) is 12.8. The molecule has 0 aromatic heterocycles. The summed E-state index contributed by atoms with van der Waals surface area (Å²) in [4.78, 5) is 2.25. The Morgan fingerprint density at radius 2 is 1.94 bits per heavy atom. The standard InChI is InChI=1S/C16H26N2/c1-18(2)12-6-5-11-17-13-15-7-3-4-8-16(15)14-9-10-14/h3-4,7-8,14,17H,5-6,9-13H2,1-2H3. The van der Waals surface area contributed by atoms with Gasteiger partial charge in [0.1, 0.15) is 0 Å². The molecule has 0 aliphatic heterocycles. The van der Waals surface area contributed by atoms with E-state index in [9.17, 15) is 0 Å². The van der Waals surface area contributed by atoms with Crippen LogP contribution in [0.1, 0.15) is 42.7 Å².